The molecule has 0 aliphatic rings. The van der Waals surface area contributed by atoms with Gasteiger partial charge in [0.15, 0.2) is 0 Å². The molecule has 0 unspecified atom stereocenters. The average molecular weight is 337 g/mol. The molecule has 0 spiro atoms. The van der Waals surface area contributed by atoms with Crippen LogP contribution in [0, 0.1) is 0 Å². The Balaban J connectivity index is 1.73. The number of carbonyl (C=O) groups excluding carboxylic acids is 1. The number of hydrogen-bond acceptors (Lipinski definition) is 4. The molecule has 0 bridgehead atoms. The summed E-state index contributed by atoms with van der Waals surface area (Å²) in [6.45, 7) is 0.605. The van der Waals surface area contributed by atoms with Crippen LogP contribution in [0.1, 0.15) is 14.5 Å². The van der Waals surface area contributed by atoms with Crippen LogP contribution in [0.4, 0.5) is 5.69 Å². The lowest BCUT2D eigenvalue weighted by Crippen LogP contribution is -2.25. The van der Waals surface area contributed by atoms with E-state index in [1.165, 1.54) is 16.2 Å². The van der Waals surface area contributed by atoms with Crippen molar-refractivity contribution < 1.29 is 4.79 Å². The molecule has 3 N–H and O–H groups in total. The zero-order valence-corrected chi connectivity index (χ0v) is 13.4. The molecule has 108 valence electrons. The molecule has 0 saturated carbocycles. The van der Waals surface area contributed by atoms with Crippen molar-refractivity contribution in [2.75, 3.05) is 12.3 Å². The number of thiophene rings is 2. The highest BCUT2D eigenvalue weighted by molar-refractivity contribution is 7.21. The van der Waals surface area contributed by atoms with Gasteiger partial charge < -0.3 is 11.1 Å². The molecule has 1 aromatic carbocycles. The molecule has 0 aliphatic heterocycles. The van der Waals surface area contributed by atoms with E-state index in [4.69, 9.17) is 17.3 Å². The fraction of sp³-hybridized carbons (Fsp3) is 0.133. The van der Waals surface area contributed by atoms with Gasteiger partial charge in [-0.1, -0.05) is 17.7 Å². The van der Waals surface area contributed by atoms with Crippen LogP contribution in [0.3, 0.4) is 0 Å². The normalized spacial score (nSPS) is 10.9. The highest BCUT2D eigenvalue weighted by Gasteiger charge is 2.16. The van der Waals surface area contributed by atoms with Crippen LogP contribution < -0.4 is 11.1 Å². The van der Waals surface area contributed by atoms with Crippen molar-refractivity contribution >= 4 is 56.0 Å². The van der Waals surface area contributed by atoms with Crippen molar-refractivity contribution in [3.8, 4) is 0 Å². The number of nitrogens with two attached hydrogens (primary N) is 1. The third-order valence-corrected chi connectivity index (χ3v) is 5.47. The Bertz CT molecular complexity index is 780. The van der Waals surface area contributed by atoms with Gasteiger partial charge in [0.2, 0.25) is 0 Å². The van der Waals surface area contributed by atoms with Crippen LogP contribution in [0.25, 0.3) is 10.1 Å². The van der Waals surface area contributed by atoms with Crippen molar-refractivity contribution in [1.82, 2.24) is 5.32 Å². The summed E-state index contributed by atoms with van der Waals surface area (Å²) in [7, 11) is 0. The van der Waals surface area contributed by atoms with Crippen LogP contribution in [0.5, 0.6) is 0 Å². The molecule has 21 heavy (non-hydrogen) atoms. The summed E-state index contributed by atoms with van der Waals surface area (Å²) in [6.07, 6.45) is 0.833. The van der Waals surface area contributed by atoms with Crippen molar-refractivity contribution in [3.63, 3.8) is 0 Å². The number of anilines is 1. The number of benzene rings is 1. The van der Waals surface area contributed by atoms with Gasteiger partial charge in [0.25, 0.3) is 5.91 Å². The summed E-state index contributed by atoms with van der Waals surface area (Å²) >= 11 is 9.03. The first-order chi connectivity index (χ1) is 10.1. The van der Waals surface area contributed by atoms with E-state index < -0.39 is 0 Å². The summed E-state index contributed by atoms with van der Waals surface area (Å²) in [5, 5.41) is 6.48. The van der Waals surface area contributed by atoms with E-state index in [9.17, 15) is 4.79 Å². The Kier molecular flexibility index (Phi) is 4.14. The van der Waals surface area contributed by atoms with E-state index in [1.807, 2.05) is 23.6 Å². The second-order valence-electron chi connectivity index (χ2n) is 4.57. The third kappa shape index (κ3) is 3.05. The molecule has 3 rings (SSSR count). The van der Waals surface area contributed by atoms with Crippen LogP contribution in [-0.4, -0.2) is 12.5 Å². The summed E-state index contributed by atoms with van der Waals surface area (Å²) in [5.74, 6) is -0.124. The van der Waals surface area contributed by atoms with Gasteiger partial charge in [-0.15, -0.1) is 22.7 Å². The monoisotopic (exact) mass is 336 g/mol. The van der Waals surface area contributed by atoms with E-state index in [0.717, 1.165) is 16.5 Å². The number of nitrogen functional groups attached to an aromatic ring is 1. The number of carbonyl (C=O) groups is 1. The van der Waals surface area contributed by atoms with Crippen molar-refractivity contribution in [3.05, 3.63) is 50.5 Å². The number of hydrogen-bond donors (Lipinski definition) is 2. The molecule has 3 aromatic rings. The summed E-state index contributed by atoms with van der Waals surface area (Å²) in [4.78, 5) is 14.0. The maximum absolute atomic E-state index is 12.2. The topological polar surface area (TPSA) is 55.1 Å². The molecule has 0 aliphatic carbocycles. The van der Waals surface area contributed by atoms with E-state index in [2.05, 4.69) is 11.4 Å². The molecule has 2 aromatic heterocycles. The predicted octanol–water partition coefficient (Wildman–Crippen LogP) is 4.17. The lowest BCUT2D eigenvalue weighted by atomic mass is 10.2. The summed E-state index contributed by atoms with van der Waals surface area (Å²) < 4.78 is 0.934. The Morgan fingerprint density at radius 2 is 2.19 bits per heavy atom. The average Bonchev–Trinajstić information content (AvgIpc) is 3.07. The molecule has 0 atom stereocenters. The lowest BCUT2D eigenvalue weighted by Gasteiger charge is -2.03. The Labute approximate surface area is 135 Å². The van der Waals surface area contributed by atoms with Crippen LogP contribution in [0.15, 0.2) is 35.7 Å². The number of nitrogens with one attached hydrogen (secondary N) is 1. The van der Waals surface area contributed by atoms with E-state index in [0.29, 0.717) is 22.1 Å². The van der Waals surface area contributed by atoms with Gasteiger partial charge in [-0.3, -0.25) is 4.79 Å². The first-order valence-electron chi connectivity index (χ1n) is 6.43. The van der Waals surface area contributed by atoms with Gasteiger partial charge in [-0.05, 0) is 36.1 Å². The van der Waals surface area contributed by atoms with Gasteiger partial charge in [0.05, 0.1) is 5.69 Å². The largest absolute Gasteiger partial charge is 0.397 e. The molecule has 3 nitrogen and oxygen atoms in total. The van der Waals surface area contributed by atoms with Gasteiger partial charge in [-0.2, -0.15) is 0 Å². The molecule has 0 radical (unpaired) electrons. The zero-order valence-electron chi connectivity index (χ0n) is 11.1. The zero-order chi connectivity index (χ0) is 14.8. The van der Waals surface area contributed by atoms with Gasteiger partial charge in [-0.25, -0.2) is 0 Å². The summed E-state index contributed by atoms with van der Waals surface area (Å²) in [5.41, 5.74) is 6.59. The van der Waals surface area contributed by atoms with E-state index in [-0.39, 0.29) is 5.91 Å². The Hall–Kier alpha value is -1.56. The minimum absolute atomic E-state index is 0.124. The fourth-order valence-corrected chi connectivity index (χ4v) is 4.12. The van der Waals surface area contributed by atoms with Crippen molar-refractivity contribution in [1.29, 1.82) is 0 Å². The SMILES string of the molecule is Nc1c(C(=O)NCCc2cccs2)sc2cc(Cl)ccc12. The Morgan fingerprint density at radius 1 is 1.33 bits per heavy atom. The molecule has 6 heteroatoms. The smallest absolute Gasteiger partial charge is 0.263 e. The minimum Gasteiger partial charge on any atom is -0.397 e. The fourth-order valence-electron chi connectivity index (χ4n) is 2.09. The van der Waals surface area contributed by atoms with E-state index >= 15 is 0 Å². The van der Waals surface area contributed by atoms with E-state index in [1.54, 1.807) is 17.4 Å². The molecule has 0 fully saturated rings. The van der Waals surface area contributed by atoms with Crippen LogP contribution in [-0.2, 0) is 6.42 Å². The molecular weight excluding hydrogens is 324 g/mol. The van der Waals surface area contributed by atoms with Crippen LogP contribution >= 0.6 is 34.3 Å². The number of rotatable bonds is 4. The second-order valence-corrected chi connectivity index (χ2v) is 7.09. The molecule has 2 heterocycles. The van der Waals surface area contributed by atoms with Gasteiger partial charge in [0, 0.05) is 26.5 Å². The maximum Gasteiger partial charge on any atom is 0.263 e. The number of amides is 1. The van der Waals surface area contributed by atoms with Gasteiger partial charge >= 0.3 is 0 Å². The second kappa shape index (κ2) is 6.05. The summed E-state index contributed by atoms with van der Waals surface area (Å²) in [6, 6.07) is 9.54. The number of fused-ring (bicyclic) bond motifs is 1. The lowest BCUT2D eigenvalue weighted by molar-refractivity contribution is 0.0959. The standard InChI is InChI=1S/C15H13ClN2OS2/c16-9-3-4-11-12(8-9)21-14(13(11)17)15(19)18-6-5-10-2-1-7-20-10/h1-4,7-8H,5-6,17H2,(H,18,19). The maximum atomic E-state index is 12.2. The third-order valence-electron chi connectivity index (χ3n) is 3.13. The molecule has 0 saturated heterocycles. The molecule has 1 amide bonds. The van der Waals surface area contributed by atoms with Crippen molar-refractivity contribution in [2.24, 2.45) is 0 Å². The molecular formula is C15H13ClN2OS2. The van der Waals surface area contributed by atoms with Gasteiger partial charge in [0.1, 0.15) is 4.88 Å². The highest BCUT2D eigenvalue weighted by Crippen LogP contribution is 2.35. The first-order valence-corrected chi connectivity index (χ1v) is 8.50. The quantitative estimate of drug-likeness (QED) is 0.751. The highest BCUT2D eigenvalue weighted by atomic mass is 35.5. The Morgan fingerprint density at radius 3 is 2.95 bits per heavy atom. The van der Waals surface area contributed by atoms with Crippen LogP contribution in [0.2, 0.25) is 5.02 Å². The first kappa shape index (κ1) is 14.4. The minimum atomic E-state index is -0.124. The number of halogens is 1. The van der Waals surface area contributed by atoms with Crippen molar-refractivity contribution in [2.45, 2.75) is 6.42 Å². The predicted molar refractivity (Wildman–Crippen MR) is 91.6 cm³/mol.